The third-order valence-electron chi connectivity index (χ3n) is 9.77. The summed E-state index contributed by atoms with van der Waals surface area (Å²) in [4.78, 5) is 2.40. The second-order valence-electron chi connectivity index (χ2n) is 12.5. The first-order valence-electron chi connectivity index (χ1n) is 16.7. The number of nitrogens with zero attached hydrogens (tertiary/aromatic N) is 2. The summed E-state index contributed by atoms with van der Waals surface area (Å²) in [6.45, 7) is 0. The summed E-state index contributed by atoms with van der Waals surface area (Å²) in [6, 6.07) is 64.9. The fourth-order valence-corrected chi connectivity index (χ4v) is 7.61. The van der Waals surface area contributed by atoms with Crippen molar-refractivity contribution in [1.29, 1.82) is 0 Å². The van der Waals surface area contributed by atoms with Gasteiger partial charge >= 0.3 is 0 Å². The van der Waals surface area contributed by atoms with Gasteiger partial charge in [-0.3, -0.25) is 0 Å². The van der Waals surface area contributed by atoms with Crippen molar-refractivity contribution in [2.24, 2.45) is 0 Å². The molecule has 0 aliphatic carbocycles. The van der Waals surface area contributed by atoms with E-state index in [9.17, 15) is 0 Å². The Balaban J connectivity index is 1.21. The number of hydrogen-bond acceptors (Lipinski definition) is 2. The summed E-state index contributed by atoms with van der Waals surface area (Å²) in [5.41, 5.74) is 10.8. The molecule has 0 atom stereocenters. The first kappa shape index (κ1) is 27.5. The Morgan fingerprint density at radius 1 is 0.429 bits per heavy atom. The third-order valence-corrected chi connectivity index (χ3v) is 9.77. The van der Waals surface area contributed by atoms with E-state index in [4.69, 9.17) is 4.42 Å². The predicted molar refractivity (Wildman–Crippen MR) is 206 cm³/mol. The number of para-hydroxylation sites is 5. The van der Waals surface area contributed by atoms with E-state index >= 15 is 0 Å². The van der Waals surface area contributed by atoms with Crippen LogP contribution in [0.1, 0.15) is 0 Å². The van der Waals surface area contributed by atoms with Crippen LogP contribution in [0.25, 0.3) is 71.3 Å². The van der Waals surface area contributed by atoms with Crippen LogP contribution in [-0.4, -0.2) is 4.57 Å². The second-order valence-corrected chi connectivity index (χ2v) is 12.5. The van der Waals surface area contributed by atoms with Crippen molar-refractivity contribution in [3.63, 3.8) is 0 Å². The molecule has 0 unspecified atom stereocenters. The number of hydrogen-bond donors (Lipinski definition) is 0. The first-order chi connectivity index (χ1) is 24.3. The van der Waals surface area contributed by atoms with Gasteiger partial charge < -0.3 is 13.9 Å². The van der Waals surface area contributed by atoms with Crippen LogP contribution in [0.2, 0.25) is 0 Å². The number of fused-ring (bicyclic) bond motifs is 7. The molecule has 0 spiro atoms. The van der Waals surface area contributed by atoms with Crippen molar-refractivity contribution in [3.05, 3.63) is 182 Å². The van der Waals surface area contributed by atoms with E-state index in [0.717, 1.165) is 66.8 Å². The van der Waals surface area contributed by atoms with Crippen molar-refractivity contribution in [2.75, 3.05) is 4.90 Å². The lowest BCUT2D eigenvalue weighted by Crippen LogP contribution is -2.11. The van der Waals surface area contributed by atoms with E-state index in [1.54, 1.807) is 0 Å². The number of benzene rings is 8. The van der Waals surface area contributed by atoms with Gasteiger partial charge in [-0.25, -0.2) is 0 Å². The highest BCUT2D eigenvalue weighted by Gasteiger charge is 2.21. The van der Waals surface area contributed by atoms with Gasteiger partial charge in [0.05, 0.1) is 28.1 Å². The Labute approximate surface area is 283 Å². The molecular weight excluding hydrogens is 597 g/mol. The highest BCUT2D eigenvalue weighted by atomic mass is 16.3. The Morgan fingerprint density at radius 2 is 1.08 bits per heavy atom. The van der Waals surface area contributed by atoms with E-state index < -0.39 is 0 Å². The molecule has 3 nitrogen and oxygen atoms in total. The number of anilines is 3. The molecule has 10 rings (SSSR count). The maximum absolute atomic E-state index is 6.53. The molecule has 0 saturated carbocycles. The molecule has 10 aromatic rings. The van der Waals surface area contributed by atoms with Crippen molar-refractivity contribution in [3.8, 4) is 16.8 Å². The summed E-state index contributed by atoms with van der Waals surface area (Å²) < 4.78 is 8.89. The van der Waals surface area contributed by atoms with E-state index in [0.29, 0.717) is 0 Å². The topological polar surface area (TPSA) is 21.3 Å². The number of furan rings is 1. The van der Waals surface area contributed by atoms with Crippen molar-refractivity contribution < 1.29 is 4.42 Å². The normalized spacial score (nSPS) is 11.7. The molecule has 49 heavy (non-hydrogen) atoms. The molecule has 0 fully saturated rings. The number of aromatic nitrogens is 1. The molecule has 0 bridgehead atoms. The lowest BCUT2D eigenvalue weighted by atomic mass is 9.99. The molecule has 8 aromatic carbocycles. The maximum Gasteiger partial charge on any atom is 0.159 e. The zero-order valence-corrected chi connectivity index (χ0v) is 26.6. The van der Waals surface area contributed by atoms with Gasteiger partial charge in [-0.05, 0) is 65.5 Å². The van der Waals surface area contributed by atoms with Gasteiger partial charge in [-0.2, -0.15) is 0 Å². The van der Waals surface area contributed by atoms with E-state index in [2.05, 4.69) is 179 Å². The van der Waals surface area contributed by atoms with Crippen LogP contribution in [0.5, 0.6) is 0 Å². The Hall–Kier alpha value is -6.58. The van der Waals surface area contributed by atoms with Gasteiger partial charge in [0.1, 0.15) is 5.58 Å². The summed E-state index contributed by atoms with van der Waals surface area (Å²) >= 11 is 0. The van der Waals surface area contributed by atoms with Gasteiger partial charge in [-0.1, -0.05) is 127 Å². The van der Waals surface area contributed by atoms with Gasteiger partial charge in [0.15, 0.2) is 5.58 Å². The average molecular weight is 627 g/mol. The van der Waals surface area contributed by atoms with Crippen LogP contribution in [0.15, 0.2) is 186 Å². The molecule has 0 amide bonds. The lowest BCUT2D eigenvalue weighted by Gasteiger charge is -2.29. The minimum Gasteiger partial charge on any atom is -0.454 e. The Morgan fingerprint density at radius 3 is 2.00 bits per heavy atom. The minimum atomic E-state index is 0.898. The van der Waals surface area contributed by atoms with Gasteiger partial charge in [0, 0.05) is 38.2 Å². The van der Waals surface area contributed by atoms with Crippen molar-refractivity contribution in [1.82, 2.24) is 4.57 Å². The third kappa shape index (κ3) is 4.29. The van der Waals surface area contributed by atoms with Crippen LogP contribution < -0.4 is 4.90 Å². The van der Waals surface area contributed by atoms with Crippen LogP contribution in [0, 0.1) is 0 Å². The summed E-state index contributed by atoms with van der Waals surface area (Å²) in [5, 5.41) is 7.09. The molecule has 3 heteroatoms. The van der Waals surface area contributed by atoms with E-state index in [1.165, 1.54) is 21.5 Å². The molecule has 2 aromatic heterocycles. The fraction of sp³-hybridized carbons (Fsp3) is 0. The number of rotatable bonds is 5. The zero-order valence-electron chi connectivity index (χ0n) is 26.6. The predicted octanol–water partition coefficient (Wildman–Crippen LogP) is 13.0. The molecule has 230 valence electrons. The maximum atomic E-state index is 6.53. The monoisotopic (exact) mass is 626 g/mol. The van der Waals surface area contributed by atoms with Crippen LogP contribution in [0.3, 0.4) is 0 Å². The standard InChI is InChI=1S/C46H30N2O/c1-2-16-33(17-3-1)47(41-25-12-15-31-14-4-5-18-34(31)41)40-23-9-6-19-35(40)32-28-29-43-39(30-32)36-20-7-10-24-42(36)48(43)44-26-13-22-38-37-21-8-11-27-45(37)49-46(38)44/h1-30H. The Kier molecular flexibility index (Phi) is 6.18. The molecule has 0 radical (unpaired) electrons. The second kappa shape index (κ2) is 11.0. The zero-order chi connectivity index (χ0) is 32.3. The molecule has 0 aliphatic heterocycles. The summed E-state index contributed by atoms with van der Waals surface area (Å²) in [5.74, 6) is 0. The van der Waals surface area contributed by atoms with Crippen LogP contribution >= 0.6 is 0 Å². The van der Waals surface area contributed by atoms with Crippen LogP contribution in [0.4, 0.5) is 17.1 Å². The SMILES string of the molecule is c1ccc(N(c2ccccc2-c2ccc3c(c2)c2ccccc2n3-c2cccc3c2oc2ccccc23)c2cccc3ccccc23)cc1. The van der Waals surface area contributed by atoms with Crippen molar-refractivity contribution in [2.45, 2.75) is 0 Å². The summed E-state index contributed by atoms with van der Waals surface area (Å²) in [7, 11) is 0. The minimum absolute atomic E-state index is 0.898. The first-order valence-corrected chi connectivity index (χ1v) is 16.7. The van der Waals surface area contributed by atoms with E-state index in [-0.39, 0.29) is 0 Å². The van der Waals surface area contributed by atoms with Gasteiger partial charge in [0.25, 0.3) is 0 Å². The largest absolute Gasteiger partial charge is 0.454 e. The average Bonchev–Trinajstić information content (AvgIpc) is 3.71. The van der Waals surface area contributed by atoms with Gasteiger partial charge in [-0.15, -0.1) is 0 Å². The quantitative estimate of drug-likeness (QED) is 0.190. The molecular formula is C46H30N2O. The van der Waals surface area contributed by atoms with Crippen LogP contribution in [-0.2, 0) is 0 Å². The van der Waals surface area contributed by atoms with Crippen molar-refractivity contribution >= 4 is 71.6 Å². The molecule has 0 N–H and O–H groups in total. The smallest absolute Gasteiger partial charge is 0.159 e. The molecule has 2 heterocycles. The lowest BCUT2D eigenvalue weighted by molar-refractivity contribution is 0.666. The summed E-state index contributed by atoms with van der Waals surface area (Å²) in [6.07, 6.45) is 0. The fourth-order valence-electron chi connectivity index (χ4n) is 7.61. The van der Waals surface area contributed by atoms with Gasteiger partial charge in [0.2, 0.25) is 0 Å². The molecule has 0 aliphatic rings. The highest BCUT2D eigenvalue weighted by molar-refractivity contribution is 6.14. The molecule has 0 saturated heterocycles. The van der Waals surface area contributed by atoms with E-state index in [1.807, 2.05) is 12.1 Å². The Bertz CT molecular complexity index is 2840. The highest BCUT2D eigenvalue weighted by Crippen LogP contribution is 2.45.